The van der Waals surface area contributed by atoms with Gasteiger partial charge in [-0.2, -0.15) is 0 Å². The number of hydrogen-bond acceptors (Lipinski definition) is 2. The van der Waals surface area contributed by atoms with Crippen molar-refractivity contribution in [2.45, 2.75) is 25.4 Å². The zero-order valence-electron chi connectivity index (χ0n) is 8.92. The molecule has 82 valence electrons. The molecule has 1 aliphatic rings. The van der Waals surface area contributed by atoms with Crippen molar-refractivity contribution in [1.29, 1.82) is 0 Å². The van der Waals surface area contributed by atoms with E-state index in [0.717, 1.165) is 30.7 Å². The Labute approximate surface area is 99.1 Å². The van der Waals surface area contributed by atoms with Gasteiger partial charge < -0.3 is 10.1 Å². The molecule has 1 aromatic rings. The zero-order chi connectivity index (χ0) is 10.7. The maximum absolute atomic E-state index is 5.40. The number of benzene rings is 1. The molecule has 0 saturated carbocycles. The lowest BCUT2D eigenvalue weighted by molar-refractivity contribution is 0.171. The summed E-state index contributed by atoms with van der Waals surface area (Å²) in [4.78, 5) is 0. The van der Waals surface area contributed by atoms with E-state index in [-0.39, 0.29) is 5.54 Å². The average molecular weight is 270 g/mol. The summed E-state index contributed by atoms with van der Waals surface area (Å²) in [6.07, 6.45) is 1.10. The van der Waals surface area contributed by atoms with Gasteiger partial charge in [-0.15, -0.1) is 0 Å². The van der Waals surface area contributed by atoms with Gasteiger partial charge in [-0.05, 0) is 31.0 Å². The molecule has 0 spiro atoms. The minimum absolute atomic E-state index is 0.160. The van der Waals surface area contributed by atoms with E-state index in [9.17, 15) is 0 Å². The third-order valence-corrected chi connectivity index (χ3v) is 3.38. The third kappa shape index (κ3) is 3.03. The first-order valence-corrected chi connectivity index (χ1v) is 6.04. The summed E-state index contributed by atoms with van der Waals surface area (Å²) in [6.45, 7) is 4.83. The van der Waals surface area contributed by atoms with Gasteiger partial charge in [-0.3, -0.25) is 0 Å². The summed E-state index contributed by atoms with van der Waals surface area (Å²) in [6, 6.07) is 8.42. The molecule has 0 radical (unpaired) electrons. The number of rotatable bonds is 3. The van der Waals surface area contributed by atoms with Gasteiger partial charge in [0.25, 0.3) is 0 Å². The van der Waals surface area contributed by atoms with Crippen LogP contribution in [-0.2, 0) is 11.3 Å². The van der Waals surface area contributed by atoms with Crippen LogP contribution < -0.4 is 5.32 Å². The summed E-state index contributed by atoms with van der Waals surface area (Å²) < 4.78 is 6.52. The first-order chi connectivity index (χ1) is 7.18. The molecule has 1 atom stereocenters. The Hall–Kier alpha value is -0.380. The van der Waals surface area contributed by atoms with E-state index >= 15 is 0 Å². The second kappa shape index (κ2) is 4.64. The minimum Gasteiger partial charge on any atom is -0.379 e. The van der Waals surface area contributed by atoms with E-state index in [1.165, 1.54) is 5.56 Å². The fraction of sp³-hybridized carbons (Fsp3) is 0.500. The predicted molar refractivity (Wildman–Crippen MR) is 64.8 cm³/mol. The molecule has 0 aliphatic carbocycles. The molecule has 1 aliphatic heterocycles. The van der Waals surface area contributed by atoms with E-state index < -0.39 is 0 Å². The fourth-order valence-corrected chi connectivity index (χ4v) is 1.99. The van der Waals surface area contributed by atoms with E-state index in [4.69, 9.17) is 4.74 Å². The van der Waals surface area contributed by atoms with Gasteiger partial charge in [-0.1, -0.05) is 28.1 Å². The maximum atomic E-state index is 5.40. The Morgan fingerprint density at radius 1 is 1.40 bits per heavy atom. The number of hydrogen-bond donors (Lipinski definition) is 1. The van der Waals surface area contributed by atoms with Crippen LogP contribution in [0, 0.1) is 0 Å². The molecule has 2 rings (SSSR count). The quantitative estimate of drug-likeness (QED) is 0.911. The Balaban J connectivity index is 1.90. The van der Waals surface area contributed by atoms with E-state index in [1.807, 2.05) is 0 Å². The number of nitrogens with one attached hydrogen (secondary N) is 1. The molecule has 0 bridgehead atoms. The van der Waals surface area contributed by atoms with Gasteiger partial charge in [-0.25, -0.2) is 0 Å². The molecule has 1 fully saturated rings. The van der Waals surface area contributed by atoms with Crippen LogP contribution in [0.2, 0.25) is 0 Å². The van der Waals surface area contributed by atoms with Crippen molar-refractivity contribution in [3.8, 4) is 0 Å². The monoisotopic (exact) mass is 269 g/mol. The SMILES string of the molecule is CC1(NCc2ccc(Br)cc2)CCOC1. The largest absolute Gasteiger partial charge is 0.379 e. The lowest BCUT2D eigenvalue weighted by atomic mass is 10.0. The smallest absolute Gasteiger partial charge is 0.0646 e. The Morgan fingerprint density at radius 3 is 2.73 bits per heavy atom. The molecule has 0 aromatic heterocycles. The van der Waals surface area contributed by atoms with Crippen molar-refractivity contribution in [3.05, 3.63) is 34.3 Å². The highest BCUT2D eigenvalue weighted by Crippen LogP contribution is 2.18. The normalized spacial score (nSPS) is 25.7. The Kier molecular flexibility index (Phi) is 3.44. The van der Waals surface area contributed by atoms with Crippen molar-refractivity contribution in [2.75, 3.05) is 13.2 Å². The summed E-state index contributed by atoms with van der Waals surface area (Å²) in [5, 5.41) is 3.55. The third-order valence-electron chi connectivity index (χ3n) is 2.85. The maximum Gasteiger partial charge on any atom is 0.0646 e. The highest BCUT2D eigenvalue weighted by molar-refractivity contribution is 9.10. The second-order valence-corrected chi connectivity index (χ2v) is 5.26. The van der Waals surface area contributed by atoms with Crippen LogP contribution in [0.4, 0.5) is 0 Å². The Morgan fingerprint density at radius 2 is 2.13 bits per heavy atom. The molecule has 1 unspecified atom stereocenters. The van der Waals surface area contributed by atoms with Gasteiger partial charge in [0, 0.05) is 23.2 Å². The van der Waals surface area contributed by atoms with Crippen LogP contribution >= 0.6 is 15.9 Å². The van der Waals surface area contributed by atoms with Crippen LogP contribution in [-0.4, -0.2) is 18.8 Å². The highest BCUT2D eigenvalue weighted by atomic mass is 79.9. The van der Waals surface area contributed by atoms with Crippen molar-refractivity contribution in [1.82, 2.24) is 5.32 Å². The first-order valence-electron chi connectivity index (χ1n) is 5.25. The molecule has 1 N–H and O–H groups in total. The summed E-state index contributed by atoms with van der Waals surface area (Å²) in [7, 11) is 0. The average Bonchev–Trinajstić information content (AvgIpc) is 2.65. The lowest BCUT2D eigenvalue weighted by Gasteiger charge is -2.23. The van der Waals surface area contributed by atoms with Crippen LogP contribution in [0.3, 0.4) is 0 Å². The van der Waals surface area contributed by atoms with Crippen molar-refractivity contribution < 1.29 is 4.74 Å². The second-order valence-electron chi connectivity index (χ2n) is 4.34. The van der Waals surface area contributed by atoms with Gasteiger partial charge >= 0.3 is 0 Å². The van der Waals surface area contributed by atoms with E-state index in [0.29, 0.717) is 0 Å². The topological polar surface area (TPSA) is 21.3 Å². The molecular formula is C12H16BrNO. The summed E-state index contributed by atoms with van der Waals surface area (Å²) in [5.74, 6) is 0. The number of halogens is 1. The molecule has 1 saturated heterocycles. The van der Waals surface area contributed by atoms with Crippen LogP contribution in [0.5, 0.6) is 0 Å². The molecule has 1 aromatic carbocycles. The highest BCUT2D eigenvalue weighted by Gasteiger charge is 2.28. The van der Waals surface area contributed by atoms with Crippen LogP contribution in [0.1, 0.15) is 18.9 Å². The van der Waals surface area contributed by atoms with Crippen LogP contribution in [0.25, 0.3) is 0 Å². The van der Waals surface area contributed by atoms with Crippen molar-refractivity contribution in [3.63, 3.8) is 0 Å². The molecule has 0 amide bonds. The molecule has 3 heteroatoms. The zero-order valence-corrected chi connectivity index (χ0v) is 10.5. The lowest BCUT2D eigenvalue weighted by Crippen LogP contribution is -2.42. The van der Waals surface area contributed by atoms with E-state index in [1.54, 1.807) is 0 Å². The molecule has 15 heavy (non-hydrogen) atoms. The van der Waals surface area contributed by atoms with Crippen LogP contribution in [0.15, 0.2) is 28.7 Å². The van der Waals surface area contributed by atoms with Crippen molar-refractivity contribution in [2.24, 2.45) is 0 Å². The van der Waals surface area contributed by atoms with Gasteiger partial charge in [0.15, 0.2) is 0 Å². The minimum atomic E-state index is 0.160. The predicted octanol–water partition coefficient (Wildman–Crippen LogP) is 2.72. The molecule has 1 heterocycles. The summed E-state index contributed by atoms with van der Waals surface area (Å²) in [5.41, 5.74) is 1.47. The van der Waals surface area contributed by atoms with Gasteiger partial charge in [0.05, 0.1) is 6.61 Å². The van der Waals surface area contributed by atoms with Gasteiger partial charge in [0.1, 0.15) is 0 Å². The Bertz CT molecular complexity index is 317. The number of ether oxygens (including phenoxy) is 1. The standard InChI is InChI=1S/C12H16BrNO/c1-12(6-7-15-9-12)14-8-10-2-4-11(13)5-3-10/h2-5,14H,6-9H2,1H3. The molecule has 2 nitrogen and oxygen atoms in total. The van der Waals surface area contributed by atoms with Gasteiger partial charge in [0.2, 0.25) is 0 Å². The fourth-order valence-electron chi connectivity index (χ4n) is 1.72. The summed E-state index contributed by atoms with van der Waals surface area (Å²) >= 11 is 3.43. The van der Waals surface area contributed by atoms with E-state index in [2.05, 4.69) is 52.4 Å². The van der Waals surface area contributed by atoms with Crippen molar-refractivity contribution >= 4 is 15.9 Å². The first kappa shape index (κ1) is 11.1. The molecular weight excluding hydrogens is 254 g/mol.